The molecule has 0 N–H and O–H groups in total. The van der Waals surface area contributed by atoms with Gasteiger partial charge in [-0.25, -0.2) is 0 Å². The van der Waals surface area contributed by atoms with Gasteiger partial charge in [-0.15, -0.1) is 0 Å². The van der Waals surface area contributed by atoms with E-state index in [9.17, 15) is 4.79 Å². The number of rotatable bonds is 8. The number of aryl methyl sites for hydroxylation is 2. The van der Waals surface area contributed by atoms with Crippen molar-refractivity contribution < 1.29 is 9.32 Å². The van der Waals surface area contributed by atoms with Crippen LogP contribution in [0.3, 0.4) is 0 Å². The molecule has 124 valence electrons. The minimum absolute atomic E-state index is 0.242. The molecule has 3 heteroatoms. The predicted molar refractivity (Wildman–Crippen MR) is 96.3 cm³/mol. The Bertz CT molecular complexity index is 819. The summed E-state index contributed by atoms with van der Waals surface area (Å²) in [5.41, 5.74) is 1.76. The Labute approximate surface area is 142 Å². The molecule has 3 nitrogen and oxygen atoms in total. The van der Waals surface area contributed by atoms with Crippen LogP contribution in [0.2, 0.25) is 0 Å². The van der Waals surface area contributed by atoms with Gasteiger partial charge in [-0.1, -0.05) is 54.4 Å². The number of hydrogen-bond acceptors (Lipinski definition) is 3. The fraction of sp³-hybridized carbons (Fsp3) is 0.333. The highest BCUT2D eigenvalue weighted by Gasteiger charge is 2.06. The Balaban J connectivity index is 1.40. The third-order valence-electron chi connectivity index (χ3n) is 4.33. The summed E-state index contributed by atoms with van der Waals surface area (Å²) in [7, 11) is 0. The van der Waals surface area contributed by atoms with E-state index in [2.05, 4.69) is 17.3 Å². The van der Waals surface area contributed by atoms with Gasteiger partial charge >= 0.3 is 0 Å². The third-order valence-corrected chi connectivity index (χ3v) is 4.33. The zero-order valence-electron chi connectivity index (χ0n) is 14.1. The van der Waals surface area contributed by atoms with E-state index < -0.39 is 0 Å². The number of nitrogens with zero attached hydrogens (tertiary/aromatic N) is 1. The molecule has 0 atom stereocenters. The SMILES string of the molecule is Cc1cc(CCCCCCC(=O)c2ccc3ccccc3c2)on1. The van der Waals surface area contributed by atoms with Gasteiger partial charge in [0.15, 0.2) is 5.78 Å². The second-order valence-corrected chi connectivity index (χ2v) is 6.33. The van der Waals surface area contributed by atoms with E-state index in [4.69, 9.17) is 4.52 Å². The summed E-state index contributed by atoms with van der Waals surface area (Å²) in [5.74, 6) is 1.20. The molecule has 0 aliphatic heterocycles. The van der Waals surface area contributed by atoms with E-state index in [1.54, 1.807) is 0 Å². The molecule has 1 heterocycles. The van der Waals surface area contributed by atoms with Crippen molar-refractivity contribution in [3.63, 3.8) is 0 Å². The molecule has 0 saturated carbocycles. The van der Waals surface area contributed by atoms with E-state index in [0.717, 1.165) is 54.5 Å². The first-order chi connectivity index (χ1) is 11.7. The Morgan fingerprint density at radius 1 is 0.958 bits per heavy atom. The smallest absolute Gasteiger partial charge is 0.162 e. The molecule has 0 fully saturated rings. The second-order valence-electron chi connectivity index (χ2n) is 6.33. The molecule has 0 spiro atoms. The number of hydrogen-bond donors (Lipinski definition) is 0. The Morgan fingerprint density at radius 2 is 1.75 bits per heavy atom. The van der Waals surface area contributed by atoms with Crippen LogP contribution in [0.4, 0.5) is 0 Å². The first-order valence-corrected chi connectivity index (χ1v) is 8.66. The fourth-order valence-corrected chi connectivity index (χ4v) is 2.98. The Hall–Kier alpha value is -2.42. The van der Waals surface area contributed by atoms with Gasteiger partial charge in [0.2, 0.25) is 0 Å². The van der Waals surface area contributed by atoms with Crippen molar-refractivity contribution in [2.75, 3.05) is 0 Å². The van der Waals surface area contributed by atoms with Gasteiger partial charge in [0.25, 0.3) is 0 Å². The molecule has 3 rings (SSSR count). The Morgan fingerprint density at radius 3 is 2.54 bits per heavy atom. The number of carbonyl (C=O) groups is 1. The molecular weight excluding hydrogens is 298 g/mol. The summed E-state index contributed by atoms with van der Waals surface area (Å²) in [6.45, 7) is 1.94. The van der Waals surface area contributed by atoms with Crippen molar-refractivity contribution in [3.8, 4) is 0 Å². The third kappa shape index (κ3) is 4.31. The first kappa shape index (κ1) is 16.4. The molecule has 24 heavy (non-hydrogen) atoms. The number of aromatic nitrogens is 1. The molecule has 0 amide bonds. The van der Waals surface area contributed by atoms with Crippen LogP contribution >= 0.6 is 0 Å². The number of benzene rings is 2. The van der Waals surface area contributed by atoms with Crippen LogP contribution in [-0.4, -0.2) is 10.9 Å². The maximum Gasteiger partial charge on any atom is 0.162 e. The maximum absolute atomic E-state index is 12.3. The number of unbranched alkanes of at least 4 members (excludes halogenated alkanes) is 3. The molecule has 0 saturated heterocycles. The van der Waals surface area contributed by atoms with E-state index in [0.29, 0.717) is 6.42 Å². The highest BCUT2D eigenvalue weighted by atomic mass is 16.5. The number of Topliss-reactive ketones (excluding diaryl/α,β-unsaturated/α-hetero) is 1. The van der Waals surface area contributed by atoms with Crippen molar-refractivity contribution in [1.82, 2.24) is 5.16 Å². The topological polar surface area (TPSA) is 43.1 Å². The van der Waals surface area contributed by atoms with Crippen LogP contribution in [0.25, 0.3) is 10.8 Å². The number of fused-ring (bicyclic) bond motifs is 1. The monoisotopic (exact) mass is 321 g/mol. The lowest BCUT2D eigenvalue weighted by molar-refractivity contribution is 0.0979. The van der Waals surface area contributed by atoms with Gasteiger partial charge in [0, 0.05) is 24.5 Å². The minimum Gasteiger partial charge on any atom is -0.361 e. The van der Waals surface area contributed by atoms with Crippen molar-refractivity contribution >= 4 is 16.6 Å². The summed E-state index contributed by atoms with van der Waals surface area (Å²) in [4.78, 5) is 12.3. The summed E-state index contributed by atoms with van der Waals surface area (Å²) in [6.07, 6.45) is 5.77. The molecule has 0 aliphatic carbocycles. The zero-order valence-corrected chi connectivity index (χ0v) is 14.1. The molecular formula is C21H23NO2. The second kappa shape index (κ2) is 7.91. The van der Waals surface area contributed by atoms with Crippen LogP contribution in [0.5, 0.6) is 0 Å². The van der Waals surface area contributed by atoms with Gasteiger partial charge in [0.1, 0.15) is 5.76 Å². The number of carbonyl (C=O) groups excluding carboxylic acids is 1. The quantitative estimate of drug-likeness (QED) is 0.406. The summed E-state index contributed by atoms with van der Waals surface area (Å²) < 4.78 is 5.20. The molecule has 0 radical (unpaired) electrons. The lowest BCUT2D eigenvalue weighted by atomic mass is 10.0. The van der Waals surface area contributed by atoms with Gasteiger partial charge in [-0.2, -0.15) is 0 Å². The highest BCUT2D eigenvalue weighted by molar-refractivity contribution is 5.99. The van der Waals surface area contributed by atoms with Gasteiger partial charge in [0.05, 0.1) is 5.69 Å². The van der Waals surface area contributed by atoms with E-state index in [1.165, 1.54) is 5.39 Å². The fourth-order valence-electron chi connectivity index (χ4n) is 2.98. The molecule has 0 bridgehead atoms. The normalized spacial score (nSPS) is 11.0. The van der Waals surface area contributed by atoms with Gasteiger partial charge in [-0.3, -0.25) is 4.79 Å². The van der Waals surface area contributed by atoms with E-state index in [1.807, 2.05) is 43.3 Å². The van der Waals surface area contributed by atoms with Crippen LogP contribution in [0, 0.1) is 6.92 Å². The lowest BCUT2D eigenvalue weighted by Crippen LogP contribution is -1.99. The van der Waals surface area contributed by atoms with Crippen molar-refractivity contribution in [1.29, 1.82) is 0 Å². The highest BCUT2D eigenvalue weighted by Crippen LogP contribution is 2.18. The summed E-state index contributed by atoms with van der Waals surface area (Å²) in [5, 5.41) is 6.20. The number of ketones is 1. The zero-order chi connectivity index (χ0) is 16.8. The molecule has 3 aromatic rings. The van der Waals surface area contributed by atoms with Crippen LogP contribution < -0.4 is 0 Å². The van der Waals surface area contributed by atoms with Crippen molar-refractivity contribution in [2.45, 2.75) is 45.4 Å². The van der Waals surface area contributed by atoms with Crippen LogP contribution in [0.15, 0.2) is 53.1 Å². The predicted octanol–water partition coefficient (Wildman–Crippen LogP) is 5.51. The summed E-state index contributed by atoms with van der Waals surface area (Å²) >= 11 is 0. The van der Waals surface area contributed by atoms with E-state index >= 15 is 0 Å². The molecule has 1 aromatic heterocycles. The first-order valence-electron chi connectivity index (χ1n) is 8.66. The van der Waals surface area contributed by atoms with E-state index in [-0.39, 0.29) is 5.78 Å². The van der Waals surface area contributed by atoms with Crippen LogP contribution in [0.1, 0.15) is 53.9 Å². The maximum atomic E-state index is 12.3. The van der Waals surface area contributed by atoms with Gasteiger partial charge in [-0.05, 0) is 36.6 Å². The van der Waals surface area contributed by atoms with Crippen LogP contribution in [-0.2, 0) is 6.42 Å². The van der Waals surface area contributed by atoms with Gasteiger partial charge < -0.3 is 4.52 Å². The standard InChI is InChI=1S/C21H23NO2/c1-16-14-20(24-22-16)10-4-2-3-5-11-21(23)19-13-12-17-8-6-7-9-18(17)15-19/h6-9,12-15H,2-5,10-11H2,1H3. The Kier molecular flexibility index (Phi) is 5.42. The average molecular weight is 321 g/mol. The molecule has 2 aromatic carbocycles. The average Bonchev–Trinajstić information content (AvgIpc) is 3.02. The van der Waals surface area contributed by atoms with Crippen molar-refractivity contribution in [2.24, 2.45) is 0 Å². The largest absolute Gasteiger partial charge is 0.361 e. The molecule has 0 aliphatic rings. The minimum atomic E-state index is 0.242. The molecule has 0 unspecified atom stereocenters. The lowest BCUT2D eigenvalue weighted by Gasteiger charge is -2.04. The van der Waals surface area contributed by atoms with Crippen molar-refractivity contribution in [3.05, 3.63) is 65.5 Å². The summed E-state index contributed by atoms with van der Waals surface area (Å²) in [6, 6.07) is 16.1.